The zero-order valence-corrected chi connectivity index (χ0v) is 11.0. The Balaban J connectivity index is 2.53. The number of allylic oxidation sites excluding steroid dienone is 2. The third-order valence-corrected chi connectivity index (χ3v) is 3.54. The predicted octanol–water partition coefficient (Wildman–Crippen LogP) is 4.12. The fourth-order valence-electron chi connectivity index (χ4n) is 1.55. The largest absolute Gasteiger partial charge is 0.298 e. The maximum Gasteiger partial charge on any atom is 0.150 e. The van der Waals surface area contributed by atoms with Crippen LogP contribution >= 0.6 is 11.8 Å². The van der Waals surface area contributed by atoms with Gasteiger partial charge in [-0.05, 0) is 25.5 Å². The molecule has 1 rings (SSSR count). The monoisotopic (exact) mass is 246 g/mol. The highest BCUT2D eigenvalue weighted by molar-refractivity contribution is 8.00. The molecule has 0 amide bonds. The van der Waals surface area contributed by atoms with Crippen molar-refractivity contribution in [2.45, 2.75) is 18.2 Å². The van der Waals surface area contributed by atoms with Crippen molar-refractivity contribution in [2.24, 2.45) is 5.92 Å². The summed E-state index contributed by atoms with van der Waals surface area (Å²) < 4.78 is 0. The molecule has 17 heavy (non-hydrogen) atoms. The Morgan fingerprint density at radius 3 is 2.59 bits per heavy atom. The van der Waals surface area contributed by atoms with E-state index >= 15 is 0 Å². The minimum atomic E-state index is -0.0799. The van der Waals surface area contributed by atoms with Gasteiger partial charge in [-0.3, -0.25) is 4.79 Å². The molecule has 0 spiro atoms. The van der Waals surface area contributed by atoms with Crippen LogP contribution in [0.25, 0.3) is 0 Å². The van der Waals surface area contributed by atoms with Crippen molar-refractivity contribution < 1.29 is 4.79 Å². The number of ketones is 1. The first-order valence-electron chi connectivity index (χ1n) is 5.62. The molecule has 0 aliphatic rings. The first kappa shape index (κ1) is 13.8. The summed E-state index contributed by atoms with van der Waals surface area (Å²) in [4.78, 5) is 13.1. The van der Waals surface area contributed by atoms with Crippen LogP contribution in [0.3, 0.4) is 0 Å². The lowest BCUT2D eigenvalue weighted by Crippen LogP contribution is -2.16. The van der Waals surface area contributed by atoms with E-state index in [9.17, 15) is 4.79 Å². The van der Waals surface area contributed by atoms with Crippen LogP contribution < -0.4 is 0 Å². The molecule has 1 atom stereocenters. The second-order valence-corrected chi connectivity index (χ2v) is 5.04. The van der Waals surface area contributed by atoms with Crippen LogP contribution in [0, 0.1) is 5.92 Å². The molecule has 0 N–H and O–H groups in total. The number of carbonyl (C=O) groups excluding carboxylic acids is 1. The molecular formula is C15H18OS. The molecule has 0 fully saturated rings. The van der Waals surface area contributed by atoms with Crippen LogP contribution in [0.15, 0.2) is 60.0 Å². The van der Waals surface area contributed by atoms with E-state index in [0.29, 0.717) is 12.2 Å². The van der Waals surface area contributed by atoms with Gasteiger partial charge in [0.25, 0.3) is 0 Å². The lowest BCUT2D eigenvalue weighted by molar-refractivity contribution is -0.119. The van der Waals surface area contributed by atoms with Crippen LogP contribution in [0.4, 0.5) is 0 Å². The average Bonchev–Trinajstić information content (AvgIpc) is 2.34. The number of thioether (sulfide) groups is 1. The van der Waals surface area contributed by atoms with Crippen molar-refractivity contribution in [3.8, 4) is 0 Å². The Kier molecular flexibility index (Phi) is 5.78. The van der Waals surface area contributed by atoms with Gasteiger partial charge in [-0.25, -0.2) is 0 Å². The van der Waals surface area contributed by atoms with Gasteiger partial charge < -0.3 is 0 Å². The van der Waals surface area contributed by atoms with E-state index in [1.807, 2.05) is 37.3 Å². The Morgan fingerprint density at radius 2 is 2.06 bits per heavy atom. The van der Waals surface area contributed by atoms with E-state index in [-0.39, 0.29) is 11.7 Å². The van der Waals surface area contributed by atoms with Crippen LogP contribution in [-0.4, -0.2) is 11.5 Å². The molecule has 1 unspecified atom stereocenters. The normalized spacial score (nSPS) is 11.8. The fraction of sp³-hybridized carbons (Fsp3) is 0.267. The van der Waals surface area contributed by atoms with E-state index in [4.69, 9.17) is 0 Å². The van der Waals surface area contributed by atoms with E-state index in [1.165, 1.54) is 0 Å². The van der Waals surface area contributed by atoms with E-state index in [2.05, 4.69) is 13.2 Å². The van der Waals surface area contributed by atoms with Gasteiger partial charge in [-0.2, -0.15) is 0 Å². The predicted molar refractivity (Wildman–Crippen MR) is 75.3 cm³/mol. The minimum Gasteiger partial charge on any atom is -0.298 e. The number of rotatable bonds is 7. The fourth-order valence-corrected chi connectivity index (χ4v) is 2.41. The minimum absolute atomic E-state index is 0.0799. The summed E-state index contributed by atoms with van der Waals surface area (Å²) in [5.41, 5.74) is 0.920. The summed E-state index contributed by atoms with van der Waals surface area (Å²) in [5, 5.41) is 0. The Labute approximate surface area is 108 Å². The number of Topliss-reactive ketones (excluding diaryl/α,β-unsaturated/α-hetero) is 1. The SMILES string of the molecule is C=CCC(C(=C)C)C(=O)CSc1ccccc1. The number of hydrogen-bond donors (Lipinski definition) is 0. The molecule has 0 aromatic heterocycles. The van der Waals surface area contributed by atoms with Gasteiger partial charge in [-0.15, -0.1) is 18.3 Å². The number of benzene rings is 1. The van der Waals surface area contributed by atoms with Crippen LogP contribution in [0.5, 0.6) is 0 Å². The molecule has 0 heterocycles. The molecule has 0 aliphatic heterocycles. The molecule has 0 aliphatic carbocycles. The molecule has 90 valence electrons. The van der Waals surface area contributed by atoms with Crippen molar-refractivity contribution in [1.29, 1.82) is 0 Å². The van der Waals surface area contributed by atoms with Gasteiger partial charge in [0, 0.05) is 10.8 Å². The smallest absolute Gasteiger partial charge is 0.150 e. The topological polar surface area (TPSA) is 17.1 Å². The number of hydrogen-bond acceptors (Lipinski definition) is 2. The first-order valence-corrected chi connectivity index (χ1v) is 6.60. The van der Waals surface area contributed by atoms with Crippen molar-refractivity contribution >= 4 is 17.5 Å². The van der Waals surface area contributed by atoms with Crippen LogP contribution in [0.1, 0.15) is 13.3 Å². The van der Waals surface area contributed by atoms with Gasteiger partial charge in [0.2, 0.25) is 0 Å². The third-order valence-electron chi connectivity index (χ3n) is 2.51. The molecular weight excluding hydrogens is 228 g/mol. The van der Waals surface area contributed by atoms with Crippen LogP contribution in [-0.2, 0) is 4.79 Å². The number of carbonyl (C=O) groups is 1. The van der Waals surface area contributed by atoms with E-state index < -0.39 is 0 Å². The lowest BCUT2D eigenvalue weighted by Gasteiger charge is -2.13. The average molecular weight is 246 g/mol. The Bertz CT molecular complexity index is 395. The second kappa shape index (κ2) is 7.13. The summed E-state index contributed by atoms with van der Waals surface area (Å²) in [6.07, 6.45) is 2.47. The summed E-state index contributed by atoms with van der Waals surface area (Å²) in [6, 6.07) is 9.96. The zero-order chi connectivity index (χ0) is 12.7. The van der Waals surface area contributed by atoms with Gasteiger partial charge in [0.15, 0.2) is 0 Å². The van der Waals surface area contributed by atoms with Gasteiger partial charge in [0.1, 0.15) is 5.78 Å². The molecule has 0 saturated carbocycles. The highest BCUT2D eigenvalue weighted by Crippen LogP contribution is 2.22. The Morgan fingerprint density at radius 1 is 1.41 bits per heavy atom. The third kappa shape index (κ3) is 4.61. The summed E-state index contributed by atoms with van der Waals surface area (Å²) in [6.45, 7) is 9.46. The van der Waals surface area contributed by atoms with Crippen LogP contribution in [0.2, 0.25) is 0 Å². The first-order chi connectivity index (χ1) is 8.15. The summed E-state index contributed by atoms with van der Waals surface area (Å²) >= 11 is 1.58. The van der Waals surface area contributed by atoms with Crippen molar-refractivity contribution in [3.05, 3.63) is 55.1 Å². The zero-order valence-electron chi connectivity index (χ0n) is 10.2. The van der Waals surface area contributed by atoms with Crippen molar-refractivity contribution in [3.63, 3.8) is 0 Å². The molecule has 0 saturated heterocycles. The van der Waals surface area contributed by atoms with E-state index in [0.717, 1.165) is 10.5 Å². The molecule has 2 heteroatoms. The lowest BCUT2D eigenvalue weighted by atomic mass is 9.94. The highest BCUT2D eigenvalue weighted by Gasteiger charge is 2.17. The van der Waals surface area contributed by atoms with Crippen molar-refractivity contribution in [2.75, 3.05) is 5.75 Å². The summed E-state index contributed by atoms with van der Waals surface area (Å²) in [5.74, 6) is 0.644. The molecule has 1 aromatic carbocycles. The van der Waals surface area contributed by atoms with Gasteiger partial charge >= 0.3 is 0 Å². The Hall–Kier alpha value is -1.28. The maximum absolute atomic E-state index is 12.0. The van der Waals surface area contributed by atoms with E-state index in [1.54, 1.807) is 17.8 Å². The molecule has 0 bridgehead atoms. The molecule has 1 aromatic rings. The van der Waals surface area contributed by atoms with Gasteiger partial charge in [-0.1, -0.05) is 36.4 Å². The molecule has 0 radical (unpaired) electrons. The summed E-state index contributed by atoms with van der Waals surface area (Å²) in [7, 11) is 0. The molecule has 1 nitrogen and oxygen atoms in total. The van der Waals surface area contributed by atoms with Crippen molar-refractivity contribution in [1.82, 2.24) is 0 Å². The second-order valence-electron chi connectivity index (χ2n) is 3.99. The highest BCUT2D eigenvalue weighted by atomic mass is 32.2. The maximum atomic E-state index is 12.0. The quantitative estimate of drug-likeness (QED) is 0.532. The van der Waals surface area contributed by atoms with Gasteiger partial charge in [0.05, 0.1) is 5.75 Å². The standard InChI is InChI=1S/C15H18OS/c1-4-8-14(12(2)3)15(16)11-17-13-9-6-5-7-10-13/h4-7,9-10,14H,1-2,8,11H2,3H3.